The predicted molar refractivity (Wildman–Crippen MR) is 199 cm³/mol. The molecule has 6 aromatic carbocycles. The number of aromatic nitrogens is 3. The lowest BCUT2D eigenvalue weighted by atomic mass is 9.65. The van der Waals surface area contributed by atoms with Crippen LogP contribution in [0, 0.1) is 0 Å². The van der Waals surface area contributed by atoms with E-state index in [-0.39, 0.29) is 0 Å². The summed E-state index contributed by atoms with van der Waals surface area (Å²) in [7, 11) is -2.12. The van der Waals surface area contributed by atoms with E-state index in [4.69, 9.17) is 15.0 Å². The number of fused-ring (bicyclic) bond motifs is 4. The number of hydrogen-bond acceptors (Lipinski definition) is 3. The summed E-state index contributed by atoms with van der Waals surface area (Å²) in [6, 6.07) is 58.7. The second-order valence-corrected chi connectivity index (χ2v) is 17.5. The van der Waals surface area contributed by atoms with Crippen LogP contribution in [-0.4, -0.2) is 23.0 Å². The van der Waals surface area contributed by atoms with Crippen molar-refractivity contribution in [2.45, 2.75) is 18.5 Å². The molecule has 7 aromatic rings. The normalized spacial score (nSPS) is 15.1. The summed E-state index contributed by atoms with van der Waals surface area (Å²) in [5.41, 5.74) is 10.5. The fourth-order valence-corrected chi connectivity index (χ4v) is 11.6. The second-order valence-electron chi connectivity index (χ2n) is 13.2. The van der Waals surface area contributed by atoms with Crippen molar-refractivity contribution in [1.82, 2.24) is 15.0 Å². The first kappa shape index (κ1) is 28.5. The molecule has 9 rings (SSSR count). The van der Waals surface area contributed by atoms with Crippen LogP contribution in [0.15, 0.2) is 164 Å². The van der Waals surface area contributed by atoms with Gasteiger partial charge in [-0.05, 0) is 49.8 Å². The quantitative estimate of drug-likeness (QED) is 0.178. The maximum Gasteiger partial charge on any atom is 0.164 e. The summed E-state index contributed by atoms with van der Waals surface area (Å²) >= 11 is 0. The van der Waals surface area contributed by atoms with Gasteiger partial charge in [0, 0.05) is 16.7 Å². The van der Waals surface area contributed by atoms with Crippen molar-refractivity contribution in [3.05, 3.63) is 192 Å². The maximum atomic E-state index is 5.11. The smallest absolute Gasteiger partial charge is 0.164 e. The lowest BCUT2D eigenvalue weighted by Crippen LogP contribution is -2.41. The molecule has 0 atom stereocenters. The van der Waals surface area contributed by atoms with Crippen LogP contribution in [0.2, 0.25) is 13.1 Å². The molecule has 1 aromatic heterocycles. The molecule has 0 unspecified atom stereocenters. The zero-order valence-corrected chi connectivity index (χ0v) is 27.9. The first-order valence-electron chi connectivity index (χ1n) is 16.5. The Kier molecular flexibility index (Phi) is 6.49. The highest BCUT2D eigenvalue weighted by Crippen LogP contribution is 2.62. The predicted octanol–water partition coefficient (Wildman–Crippen LogP) is 9.60. The van der Waals surface area contributed by atoms with Crippen LogP contribution >= 0.6 is 0 Å². The van der Waals surface area contributed by atoms with Gasteiger partial charge < -0.3 is 0 Å². The van der Waals surface area contributed by atoms with Crippen LogP contribution in [0.25, 0.3) is 44.9 Å². The van der Waals surface area contributed by atoms with Gasteiger partial charge >= 0.3 is 0 Å². The van der Waals surface area contributed by atoms with E-state index >= 15 is 0 Å². The number of benzene rings is 6. The van der Waals surface area contributed by atoms with Crippen molar-refractivity contribution >= 4 is 24.0 Å². The van der Waals surface area contributed by atoms with Crippen LogP contribution in [0.1, 0.15) is 27.8 Å². The molecule has 48 heavy (non-hydrogen) atoms. The van der Waals surface area contributed by atoms with Gasteiger partial charge in [0.1, 0.15) is 8.07 Å². The van der Waals surface area contributed by atoms with E-state index in [1.54, 1.807) is 0 Å². The Bertz CT molecular complexity index is 2250. The third-order valence-corrected chi connectivity index (χ3v) is 13.7. The molecular weight excluding hydrogens is 599 g/mol. The first-order chi connectivity index (χ1) is 23.6. The largest absolute Gasteiger partial charge is 0.208 e. The van der Waals surface area contributed by atoms with Gasteiger partial charge in [0.05, 0.1) is 5.41 Å². The third kappa shape index (κ3) is 4.16. The van der Waals surface area contributed by atoms with Crippen molar-refractivity contribution in [2.75, 3.05) is 0 Å². The van der Waals surface area contributed by atoms with Crippen LogP contribution in [0.4, 0.5) is 0 Å². The lowest BCUT2D eigenvalue weighted by molar-refractivity contribution is 0.815. The number of hydrogen-bond donors (Lipinski definition) is 0. The molecule has 4 heteroatoms. The Morgan fingerprint density at radius 2 is 0.896 bits per heavy atom. The van der Waals surface area contributed by atoms with Crippen LogP contribution in [0.3, 0.4) is 0 Å². The highest BCUT2D eigenvalue weighted by atomic mass is 28.3. The van der Waals surface area contributed by atoms with E-state index in [1.165, 1.54) is 43.8 Å². The van der Waals surface area contributed by atoms with Crippen molar-refractivity contribution < 1.29 is 0 Å². The molecule has 0 saturated carbocycles. The summed E-state index contributed by atoms with van der Waals surface area (Å²) < 4.78 is 0. The lowest BCUT2D eigenvalue weighted by Gasteiger charge is -2.36. The average molecular weight is 632 g/mol. The molecule has 0 fully saturated rings. The molecule has 2 heterocycles. The SMILES string of the molecule is C[Si]1(C)C2=C(c3ccccc31)C(c1ccccc1)(c1ccccc1)c1ccc(-c3nc(-c4ccccc4)nc(-c4ccccc4)n3)cc12. The minimum Gasteiger partial charge on any atom is -0.208 e. The van der Waals surface area contributed by atoms with Crippen LogP contribution < -0.4 is 5.19 Å². The zero-order valence-electron chi connectivity index (χ0n) is 26.9. The molecule has 0 N–H and O–H groups in total. The molecule has 228 valence electrons. The molecule has 0 bridgehead atoms. The van der Waals surface area contributed by atoms with Gasteiger partial charge in [-0.15, -0.1) is 0 Å². The number of rotatable bonds is 5. The highest BCUT2D eigenvalue weighted by Gasteiger charge is 2.55. The molecule has 3 nitrogen and oxygen atoms in total. The van der Waals surface area contributed by atoms with Crippen molar-refractivity contribution in [2.24, 2.45) is 0 Å². The van der Waals surface area contributed by atoms with E-state index in [9.17, 15) is 0 Å². The summed E-state index contributed by atoms with van der Waals surface area (Å²) in [6.45, 7) is 5.03. The Morgan fingerprint density at radius 3 is 1.44 bits per heavy atom. The van der Waals surface area contributed by atoms with Gasteiger partial charge in [-0.3, -0.25) is 0 Å². The number of nitrogens with zero attached hydrogens (tertiary/aromatic N) is 3. The standard InChI is InChI=1S/C44H33N3Si/c1-48(2)38-26-16-15-25-35(38)39-40(48)36-29-32(27-28-37(36)44(39,33-21-11-5-12-22-33)34-23-13-6-14-24-34)43-46-41(30-17-7-3-8-18-30)45-42(47-43)31-19-9-4-10-20-31/h3-29H,1-2H3. The van der Waals surface area contributed by atoms with Crippen LogP contribution in [-0.2, 0) is 5.41 Å². The van der Waals surface area contributed by atoms with Gasteiger partial charge in [-0.2, -0.15) is 0 Å². The minimum atomic E-state index is -2.12. The molecule has 2 aliphatic rings. The summed E-state index contributed by atoms with van der Waals surface area (Å²) in [6.07, 6.45) is 0. The van der Waals surface area contributed by atoms with E-state index in [1.807, 2.05) is 36.4 Å². The summed E-state index contributed by atoms with van der Waals surface area (Å²) in [5, 5.41) is 3.01. The molecule has 1 aliphatic heterocycles. The Hall–Kier alpha value is -5.71. The monoisotopic (exact) mass is 631 g/mol. The Balaban J connectivity index is 1.34. The number of allylic oxidation sites excluding steroid dienone is 1. The van der Waals surface area contributed by atoms with E-state index in [0.717, 1.165) is 16.7 Å². The van der Waals surface area contributed by atoms with Crippen LogP contribution in [0.5, 0.6) is 0 Å². The minimum absolute atomic E-state index is 0.452. The molecule has 0 amide bonds. The van der Waals surface area contributed by atoms with E-state index < -0.39 is 13.5 Å². The molecular formula is C44H33N3Si. The Labute approximate surface area is 282 Å². The van der Waals surface area contributed by atoms with Crippen molar-refractivity contribution in [3.63, 3.8) is 0 Å². The Morgan fingerprint density at radius 1 is 0.438 bits per heavy atom. The molecule has 0 radical (unpaired) electrons. The second kappa shape index (κ2) is 10.9. The van der Waals surface area contributed by atoms with Crippen molar-refractivity contribution in [1.29, 1.82) is 0 Å². The van der Waals surface area contributed by atoms with E-state index in [0.29, 0.717) is 17.5 Å². The summed E-state index contributed by atoms with van der Waals surface area (Å²) in [4.78, 5) is 15.2. The maximum absolute atomic E-state index is 5.11. The van der Waals surface area contributed by atoms with Gasteiger partial charge in [0.2, 0.25) is 0 Å². The fourth-order valence-electron chi connectivity index (χ4n) is 8.12. The molecule has 1 aliphatic carbocycles. The van der Waals surface area contributed by atoms with Gasteiger partial charge in [-0.1, -0.05) is 171 Å². The van der Waals surface area contributed by atoms with Gasteiger partial charge in [-0.25, -0.2) is 15.0 Å². The van der Waals surface area contributed by atoms with Crippen molar-refractivity contribution in [3.8, 4) is 34.2 Å². The molecule has 0 spiro atoms. The average Bonchev–Trinajstić information content (AvgIpc) is 3.60. The van der Waals surface area contributed by atoms with Gasteiger partial charge in [0.25, 0.3) is 0 Å². The van der Waals surface area contributed by atoms with Gasteiger partial charge in [0.15, 0.2) is 17.5 Å². The highest BCUT2D eigenvalue weighted by molar-refractivity contribution is 7.08. The fraction of sp³-hybridized carbons (Fsp3) is 0.0682. The summed E-state index contributed by atoms with van der Waals surface area (Å²) in [5.74, 6) is 2.02. The van der Waals surface area contributed by atoms with E-state index in [2.05, 4.69) is 140 Å². The third-order valence-electron chi connectivity index (χ3n) is 10.2. The zero-order chi connectivity index (χ0) is 32.3. The first-order valence-corrected chi connectivity index (χ1v) is 19.5. The topological polar surface area (TPSA) is 38.7 Å². The molecule has 0 saturated heterocycles.